The highest BCUT2D eigenvalue weighted by Gasteiger charge is 2.35. The smallest absolute Gasteiger partial charge is 0.256 e. The minimum Gasteiger partial charge on any atom is -0.369 e. The molecule has 0 fully saturated rings. The molecule has 1 N–H and O–H groups in total. The predicted octanol–water partition coefficient (Wildman–Crippen LogP) is 3.06. The number of aliphatic hydroxyl groups excluding tert-OH is 1. The van der Waals surface area contributed by atoms with Crippen molar-refractivity contribution in [3.63, 3.8) is 0 Å². The Hall–Kier alpha value is -1.78. The summed E-state index contributed by atoms with van der Waals surface area (Å²) in [6.07, 6.45) is 1.16. The van der Waals surface area contributed by atoms with Gasteiger partial charge in [0.15, 0.2) is 6.23 Å². The number of amides is 1. The SMILES string of the molecule is CSc1ccccc1CN1C(=O)c2ccccc2C1O. The van der Waals surface area contributed by atoms with E-state index in [4.69, 9.17) is 0 Å². The van der Waals surface area contributed by atoms with Crippen LogP contribution >= 0.6 is 11.8 Å². The van der Waals surface area contributed by atoms with Crippen LogP contribution in [0, 0.1) is 0 Å². The first-order chi connectivity index (χ1) is 9.72. The Balaban J connectivity index is 1.92. The van der Waals surface area contributed by atoms with Crippen molar-refractivity contribution in [1.29, 1.82) is 0 Å². The first-order valence-corrected chi connectivity index (χ1v) is 7.64. The van der Waals surface area contributed by atoms with Gasteiger partial charge in [-0.25, -0.2) is 0 Å². The summed E-state index contributed by atoms with van der Waals surface area (Å²) < 4.78 is 0. The maximum atomic E-state index is 12.4. The summed E-state index contributed by atoms with van der Waals surface area (Å²) in [6, 6.07) is 15.2. The van der Waals surface area contributed by atoms with Gasteiger partial charge in [-0.05, 0) is 24.0 Å². The molecule has 1 unspecified atom stereocenters. The van der Waals surface area contributed by atoms with E-state index in [0.717, 1.165) is 10.5 Å². The van der Waals surface area contributed by atoms with Crippen LogP contribution in [-0.4, -0.2) is 22.2 Å². The first-order valence-electron chi connectivity index (χ1n) is 6.42. The molecule has 1 heterocycles. The zero-order chi connectivity index (χ0) is 14.1. The van der Waals surface area contributed by atoms with Crippen LogP contribution in [-0.2, 0) is 6.54 Å². The van der Waals surface area contributed by atoms with Crippen molar-refractivity contribution < 1.29 is 9.90 Å². The molecular formula is C16H15NO2S. The number of aliphatic hydroxyl groups is 1. The number of hydrogen-bond acceptors (Lipinski definition) is 3. The van der Waals surface area contributed by atoms with Gasteiger partial charge >= 0.3 is 0 Å². The first kappa shape index (κ1) is 13.2. The average molecular weight is 285 g/mol. The molecule has 0 saturated heterocycles. The standard InChI is InChI=1S/C16H15NO2S/c1-20-14-9-5-2-6-11(14)10-17-15(18)12-7-3-4-8-13(12)16(17)19/h2-9,15,18H,10H2,1H3. The fraction of sp³-hybridized carbons (Fsp3) is 0.188. The van der Waals surface area contributed by atoms with E-state index in [-0.39, 0.29) is 5.91 Å². The third-order valence-electron chi connectivity index (χ3n) is 3.56. The van der Waals surface area contributed by atoms with Crippen LogP contribution in [0.25, 0.3) is 0 Å². The molecule has 0 radical (unpaired) electrons. The highest BCUT2D eigenvalue weighted by molar-refractivity contribution is 7.98. The quantitative estimate of drug-likeness (QED) is 0.881. The molecule has 3 rings (SSSR count). The van der Waals surface area contributed by atoms with E-state index < -0.39 is 6.23 Å². The Morgan fingerprint density at radius 1 is 1.15 bits per heavy atom. The largest absolute Gasteiger partial charge is 0.369 e. The van der Waals surface area contributed by atoms with Crippen molar-refractivity contribution in [3.05, 3.63) is 65.2 Å². The van der Waals surface area contributed by atoms with Crippen LogP contribution in [0.3, 0.4) is 0 Å². The lowest BCUT2D eigenvalue weighted by molar-refractivity contribution is 0.0134. The highest BCUT2D eigenvalue weighted by atomic mass is 32.2. The zero-order valence-corrected chi connectivity index (χ0v) is 11.9. The Kier molecular flexibility index (Phi) is 3.51. The van der Waals surface area contributed by atoms with Crippen molar-refractivity contribution in [1.82, 2.24) is 4.90 Å². The van der Waals surface area contributed by atoms with Crippen LogP contribution in [0.5, 0.6) is 0 Å². The number of thioether (sulfide) groups is 1. The van der Waals surface area contributed by atoms with Crippen LogP contribution in [0.1, 0.15) is 27.7 Å². The second-order valence-corrected chi connectivity index (χ2v) is 5.55. The maximum Gasteiger partial charge on any atom is 0.256 e. The normalized spacial score (nSPS) is 17.4. The van der Waals surface area contributed by atoms with E-state index in [9.17, 15) is 9.90 Å². The topological polar surface area (TPSA) is 40.5 Å². The van der Waals surface area contributed by atoms with Gasteiger partial charge in [-0.2, -0.15) is 0 Å². The van der Waals surface area contributed by atoms with Gasteiger partial charge in [0, 0.05) is 22.6 Å². The lowest BCUT2D eigenvalue weighted by Gasteiger charge is -2.22. The summed E-state index contributed by atoms with van der Waals surface area (Å²) in [5.74, 6) is -0.107. The fourth-order valence-electron chi connectivity index (χ4n) is 2.53. The lowest BCUT2D eigenvalue weighted by atomic mass is 10.1. The molecule has 1 amide bonds. The number of carbonyl (C=O) groups is 1. The lowest BCUT2D eigenvalue weighted by Crippen LogP contribution is -2.27. The molecule has 0 aliphatic carbocycles. The summed E-state index contributed by atoms with van der Waals surface area (Å²) in [5, 5.41) is 10.3. The van der Waals surface area contributed by atoms with Crippen molar-refractivity contribution >= 4 is 17.7 Å². The fourth-order valence-corrected chi connectivity index (χ4v) is 3.14. The van der Waals surface area contributed by atoms with Gasteiger partial charge in [0.05, 0.1) is 0 Å². The Labute approximate surface area is 122 Å². The third kappa shape index (κ3) is 2.11. The van der Waals surface area contributed by atoms with E-state index >= 15 is 0 Å². The van der Waals surface area contributed by atoms with Crippen molar-refractivity contribution in [2.45, 2.75) is 17.7 Å². The molecule has 0 aromatic heterocycles. The van der Waals surface area contributed by atoms with Crippen molar-refractivity contribution in [2.24, 2.45) is 0 Å². The number of hydrogen-bond donors (Lipinski definition) is 1. The second-order valence-electron chi connectivity index (χ2n) is 4.71. The molecule has 0 saturated carbocycles. The van der Waals surface area contributed by atoms with Gasteiger partial charge < -0.3 is 10.0 Å². The van der Waals surface area contributed by atoms with Crippen LogP contribution in [0.4, 0.5) is 0 Å². The minimum absolute atomic E-state index is 0.107. The van der Waals surface area contributed by atoms with Crippen molar-refractivity contribution in [3.8, 4) is 0 Å². The molecule has 0 bridgehead atoms. The molecule has 2 aromatic carbocycles. The summed E-state index contributed by atoms with van der Waals surface area (Å²) in [7, 11) is 0. The maximum absolute atomic E-state index is 12.4. The van der Waals surface area contributed by atoms with Crippen LogP contribution < -0.4 is 0 Å². The molecule has 20 heavy (non-hydrogen) atoms. The predicted molar refractivity (Wildman–Crippen MR) is 79.5 cm³/mol. The Morgan fingerprint density at radius 2 is 1.85 bits per heavy atom. The molecule has 0 spiro atoms. The second kappa shape index (κ2) is 5.31. The summed E-state index contributed by atoms with van der Waals surface area (Å²) in [4.78, 5) is 15.0. The Bertz CT molecular complexity index is 656. The van der Waals surface area contributed by atoms with Gasteiger partial charge in [0.25, 0.3) is 5.91 Å². The number of fused-ring (bicyclic) bond motifs is 1. The number of carbonyl (C=O) groups excluding carboxylic acids is 1. The van der Waals surface area contributed by atoms with E-state index in [0.29, 0.717) is 17.7 Å². The third-order valence-corrected chi connectivity index (χ3v) is 4.40. The van der Waals surface area contributed by atoms with Gasteiger partial charge in [0.1, 0.15) is 0 Å². The number of nitrogens with zero attached hydrogens (tertiary/aromatic N) is 1. The highest BCUT2D eigenvalue weighted by Crippen LogP contribution is 2.33. The monoisotopic (exact) mass is 285 g/mol. The van der Waals surface area contributed by atoms with E-state index in [2.05, 4.69) is 0 Å². The van der Waals surface area contributed by atoms with Gasteiger partial charge in [-0.15, -0.1) is 11.8 Å². The van der Waals surface area contributed by atoms with E-state index in [1.54, 1.807) is 23.9 Å². The van der Waals surface area contributed by atoms with Crippen molar-refractivity contribution in [2.75, 3.05) is 6.26 Å². The summed E-state index contributed by atoms with van der Waals surface area (Å²) in [5.41, 5.74) is 2.35. The minimum atomic E-state index is -0.853. The zero-order valence-electron chi connectivity index (χ0n) is 11.1. The molecule has 1 aliphatic heterocycles. The number of rotatable bonds is 3. The van der Waals surface area contributed by atoms with Gasteiger partial charge in [-0.3, -0.25) is 4.79 Å². The Morgan fingerprint density at radius 3 is 2.60 bits per heavy atom. The number of benzene rings is 2. The van der Waals surface area contributed by atoms with Crippen LogP contribution in [0.15, 0.2) is 53.4 Å². The molecule has 2 aromatic rings. The van der Waals surface area contributed by atoms with Gasteiger partial charge in [0.2, 0.25) is 0 Å². The molecular weight excluding hydrogens is 270 g/mol. The molecule has 1 aliphatic rings. The van der Waals surface area contributed by atoms with Crippen LogP contribution in [0.2, 0.25) is 0 Å². The molecule has 102 valence electrons. The average Bonchev–Trinajstić information content (AvgIpc) is 2.73. The summed E-state index contributed by atoms with van der Waals surface area (Å²) >= 11 is 1.65. The van der Waals surface area contributed by atoms with Gasteiger partial charge in [-0.1, -0.05) is 36.4 Å². The summed E-state index contributed by atoms with van der Waals surface area (Å²) in [6.45, 7) is 0.422. The van der Waals surface area contributed by atoms with E-state index in [1.165, 1.54) is 4.90 Å². The molecule has 1 atom stereocenters. The molecule has 4 heteroatoms. The van der Waals surface area contributed by atoms with E-state index in [1.807, 2.05) is 42.7 Å². The molecule has 3 nitrogen and oxygen atoms in total.